The first kappa shape index (κ1) is 12.4. The molecule has 0 aromatic carbocycles. The quantitative estimate of drug-likeness (QED) is 0.900. The highest BCUT2D eigenvalue weighted by Crippen LogP contribution is 2.39. The standard InChI is InChI=1S/C16H23N3O/c20-16(15-9-14(17-18-15)12-5-6-12)19-8-7-11-3-1-2-4-13(11)10-19/h9,11-13H,1-8,10H2,(H,17,18). The Morgan fingerprint density at radius 2 is 1.95 bits per heavy atom. The summed E-state index contributed by atoms with van der Waals surface area (Å²) in [4.78, 5) is 14.6. The maximum absolute atomic E-state index is 12.6. The van der Waals surface area contributed by atoms with Crippen molar-refractivity contribution >= 4 is 5.91 Å². The van der Waals surface area contributed by atoms with Crippen LogP contribution in [0.4, 0.5) is 0 Å². The number of amides is 1. The molecule has 1 amide bonds. The van der Waals surface area contributed by atoms with Crippen LogP contribution in [-0.2, 0) is 0 Å². The maximum atomic E-state index is 12.6. The van der Waals surface area contributed by atoms with Crippen molar-refractivity contribution in [2.75, 3.05) is 13.1 Å². The summed E-state index contributed by atoms with van der Waals surface area (Å²) in [6.45, 7) is 1.88. The number of hydrogen-bond acceptors (Lipinski definition) is 2. The van der Waals surface area contributed by atoms with Crippen molar-refractivity contribution in [3.05, 3.63) is 17.5 Å². The first-order valence-corrected chi connectivity index (χ1v) is 8.16. The van der Waals surface area contributed by atoms with Gasteiger partial charge in [0.2, 0.25) is 0 Å². The van der Waals surface area contributed by atoms with Gasteiger partial charge in [0, 0.05) is 24.7 Å². The Labute approximate surface area is 119 Å². The van der Waals surface area contributed by atoms with Gasteiger partial charge in [0.1, 0.15) is 5.69 Å². The SMILES string of the molecule is O=C(c1cc(C2CC2)[nH]n1)N1CCC2CCCCC2C1. The third-order valence-electron chi connectivity index (χ3n) is 5.41. The number of likely N-dealkylation sites (tertiary alicyclic amines) is 1. The molecule has 3 fully saturated rings. The predicted molar refractivity (Wildman–Crippen MR) is 76.5 cm³/mol. The molecular formula is C16H23N3O. The second-order valence-corrected chi connectivity index (χ2v) is 6.83. The Kier molecular flexibility index (Phi) is 3.04. The van der Waals surface area contributed by atoms with Crippen molar-refractivity contribution in [3.8, 4) is 0 Å². The summed E-state index contributed by atoms with van der Waals surface area (Å²) in [6, 6.07) is 1.98. The maximum Gasteiger partial charge on any atom is 0.274 e. The van der Waals surface area contributed by atoms with Crippen LogP contribution in [-0.4, -0.2) is 34.1 Å². The van der Waals surface area contributed by atoms with Crippen molar-refractivity contribution < 1.29 is 4.79 Å². The van der Waals surface area contributed by atoms with Crippen LogP contribution in [0.1, 0.15) is 67.0 Å². The Hall–Kier alpha value is -1.32. The van der Waals surface area contributed by atoms with E-state index in [1.54, 1.807) is 0 Å². The largest absolute Gasteiger partial charge is 0.337 e. The van der Waals surface area contributed by atoms with E-state index in [4.69, 9.17) is 0 Å². The number of carbonyl (C=O) groups excluding carboxylic acids is 1. The molecular weight excluding hydrogens is 250 g/mol. The number of piperidine rings is 1. The molecule has 0 spiro atoms. The first-order chi connectivity index (χ1) is 9.81. The molecule has 0 bridgehead atoms. The molecule has 2 unspecified atom stereocenters. The number of nitrogens with one attached hydrogen (secondary N) is 1. The molecule has 1 saturated heterocycles. The van der Waals surface area contributed by atoms with Crippen LogP contribution in [0.25, 0.3) is 0 Å². The molecule has 1 aromatic rings. The van der Waals surface area contributed by atoms with Gasteiger partial charge >= 0.3 is 0 Å². The Morgan fingerprint density at radius 1 is 1.15 bits per heavy atom. The minimum absolute atomic E-state index is 0.136. The number of fused-ring (bicyclic) bond motifs is 1. The molecule has 1 N–H and O–H groups in total. The number of H-pyrrole nitrogens is 1. The zero-order chi connectivity index (χ0) is 13.5. The van der Waals surface area contributed by atoms with Crippen molar-refractivity contribution in [1.29, 1.82) is 0 Å². The summed E-state index contributed by atoms with van der Waals surface area (Å²) in [5, 5.41) is 7.29. The highest BCUT2D eigenvalue weighted by atomic mass is 16.2. The van der Waals surface area contributed by atoms with Crippen LogP contribution in [0.15, 0.2) is 6.07 Å². The van der Waals surface area contributed by atoms with Crippen LogP contribution < -0.4 is 0 Å². The van der Waals surface area contributed by atoms with Gasteiger partial charge < -0.3 is 4.90 Å². The fraction of sp³-hybridized carbons (Fsp3) is 0.750. The Morgan fingerprint density at radius 3 is 2.75 bits per heavy atom. The molecule has 2 saturated carbocycles. The lowest BCUT2D eigenvalue weighted by atomic mass is 9.75. The van der Waals surface area contributed by atoms with Gasteiger partial charge in [-0.2, -0.15) is 5.10 Å². The number of hydrogen-bond donors (Lipinski definition) is 1. The minimum atomic E-state index is 0.136. The van der Waals surface area contributed by atoms with E-state index in [1.165, 1.54) is 44.9 Å². The molecule has 2 heterocycles. The van der Waals surface area contributed by atoms with E-state index in [9.17, 15) is 4.79 Å². The summed E-state index contributed by atoms with van der Waals surface area (Å²) in [5.74, 6) is 2.38. The van der Waals surface area contributed by atoms with E-state index in [0.717, 1.165) is 30.6 Å². The second-order valence-electron chi connectivity index (χ2n) is 6.83. The number of rotatable bonds is 2. The third-order valence-corrected chi connectivity index (χ3v) is 5.41. The highest BCUT2D eigenvalue weighted by molar-refractivity contribution is 5.92. The van der Waals surface area contributed by atoms with E-state index in [2.05, 4.69) is 10.2 Å². The van der Waals surface area contributed by atoms with Gasteiger partial charge in [0.25, 0.3) is 5.91 Å². The molecule has 1 aliphatic heterocycles. The molecule has 108 valence electrons. The van der Waals surface area contributed by atoms with E-state index in [1.807, 2.05) is 11.0 Å². The van der Waals surface area contributed by atoms with Gasteiger partial charge in [-0.15, -0.1) is 0 Å². The molecule has 2 atom stereocenters. The third kappa shape index (κ3) is 2.25. The van der Waals surface area contributed by atoms with Gasteiger partial charge in [-0.25, -0.2) is 0 Å². The van der Waals surface area contributed by atoms with Crippen LogP contribution in [0, 0.1) is 11.8 Å². The second kappa shape index (κ2) is 4.90. The van der Waals surface area contributed by atoms with Crippen molar-refractivity contribution in [1.82, 2.24) is 15.1 Å². The summed E-state index contributed by atoms with van der Waals surface area (Å²) >= 11 is 0. The predicted octanol–water partition coefficient (Wildman–Crippen LogP) is 2.94. The van der Waals surface area contributed by atoms with Gasteiger partial charge in [-0.1, -0.05) is 19.3 Å². The average Bonchev–Trinajstić information content (AvgIpc) is 3.23. The molecule has 4 heteroatoms. The lowest BCUT2D eigenvalue weighted by molar-refractivity contribution is 0.0515. The van der Waals surface area contributed by atoms with Gasteiger partial charge in [-0.05, 0) is 43.6 Å². The van der Waals surface area contributed by atoms with Crippen LogP contribution in [0.3, 0.4) is 0 Å². The number of aromatic nitrogens is 2. The van der Waals surface area contributed by atoms with E-state index in [-0.39, 0.29) is 5.91 Å². The van der Waals surface area contributed by atoms with Gasteiger partial charge in [-0.3, -0.25) is 9.89 Å². The van der Waals surface area contributed by atoms with E-state index in [0.29, 0.717) is 11.6 Å². The fourth-order valence-electron chi connectivity index (χ4n) is 4.00. The van der Waals surface area contributed by atoms with Crippen LogP contribution >= 0.6 is 0 Å². The van der Waals surface area contributed by atoms with E-state index >= 15 is 0 Å². The highest BCUT2D eigenvalue weighted by Gasteiger charge is 2.34. The molecule has 0 radical (unpaired) electrons. The molecule has 2 aliphatic carbocycles. The smallest absolute Gasteiger partial charge is 0.274 e. The van der Waals surface area contributed by atoms with Gasteiger partial charge in [0.05, 0.1) is 0 Å². The summed E-state index contributed by atoms with van der Waals surface area (Å²) in [6.07, 6.45) is 9.09. The van der Waals surface area contributed by atoms with Crippen molar-refractivity contribution in [3.63, 3.8) is 0 Å². The number of carbonyl (C=O) groups is 1. The van der Waals surface area contributed by atoms with Crippen LogP contribution in [0.5, 0.6) is 0 Å². The Balaban J connectivity index is 1.44. The van der Waals surface area contributed by atoms with Crippen molar-refractivity contribution in [2.45, 2.75) is 50.9 Å². The Bertz CT molecular complexity index is 506. The molecule has 4 rings (SSSR count). The average molecular weight is 273 g/mol. The summed E-state index contributed by atoms with van der Waals surface area (Å²) in [5.41, 5.74) is 1.78. The number of aromatic amines is 1. The molecule has 3 aliphatic rings. The zero-order valence-corrected chi connectivity index (χ0v) is 12.0. The fourth-order valence-corrected chi connectivity index (χ4v) is 4.00. The molecule has 1 aromatic heterocycles. The molecule has 4 nitrogen and oxygen atoms in total. The first-order valence-electron chi connectivity index (χ1n) is 8.16. The van der Waals surface area contributed by atoms with Crippen molar-refractivity contribution in [2.24, 2.45) is 11.8 Å². The van der Waals surface area contributed by atoms with Crippen LogP contribution in [0.2, 0.25) is 0 Å². The lowest BCUT2D eigenvalue weighted by Crippen LogP contribution is -2.44. The minimum Gasteiger partial charge on any atom is -0.337 e. The van der Waals surface area contributed by atoms with Gasteiger partial charge in [0.15, 0.2) is 0 Å². The lowest BCUT2D eigenvalue weighted by Gasteiger charge is -2.41. The number of nitrogens with zero attached hydrogens (tertiary/aromatic N) is 2. The normalized spacial score (nSPS) is 30.1. The zero-order valence-electron chi connectivity index (χ0n) is 12.0. The summed E-state index contributed by atoms with van der Waals surface area (Å²) in [7, 11) is 0. The topological polar surface area (TPSA) is 49.0 Å². The monoisotopic (exact) mass is 273 g/mol. The van der Waals surface area contributed by atoms with E-state index < -0.39 is 0 Å². The summed E-state index contributed by atoms with van der Waals surface area (Å²) < 4.78 is 0. The molecule has 20 heavy (non-hydrogen) atoms.